The number of rotatable bonds is 6. The number of nitrogens with zero attached hydrogens (tertiary/aromatic N) is 1. The predicted molar refractivity (Wildman–Crippen MR) is 96.7 cm³/mol. The molecule has 0 aliphatic heterocycles. The molecule has 5 heteroatoms. The minimum atomic E-state index is -0.834. The van der Waals surface area contributed by atoms with E-state index in [4.69, 9.17) is 0 Å². The Labute approximate surface area is 144 Å². The molecular weight excluding hydrogens is 323 g/mol. The van der Waals surface area contributed by atoms with Crippen molar-refractivity contribution in [1.82, 2.24) is 9.97 Å². The van der Waals surface area contributed by atoms with Crippen molar-refractivity contribution in [2.75, 3.05) is 11.5 Å². The summed E-state index contributed by atoms with van der Waals surface area (Å²) in [4.78, 5) is 8.02. The largest absolute Gasteiger partial charge is 0.616 e. The molecule has 0 aliphatic rings. The van der Waals surface area contributed by atoms with Crippen molar-refractivity contribution in [1.29, 1.82) is 0 Å². The molecule has 1 unspecified atom stereocenters. The lowest BCUT2D eigenvalue weighted by molar-refractivity contribution is 0.595. The minimum absolute atomic E-state index is 0.271. The lowest BCUT2D eigenvalue weighted by atomic mass is 10.1. The Morgan fingerprint density at radius 3 is 2.42 bits per heavy atom. The summed E-state index contributed by atoms with van der Waals surface area (Å²) in [5, 5.41) is 0. The Bertz CT molecular complexity index is 787. The normalized spacial score (nSPS) is 12.3. The number of aryl methyl sites for hydroxylation is 1. The molecule has 1 heterocycles. The van der Waals surface area contributed by atoms with Gasteiger partial charge < -0.3 is 9.54 Å². The first-order chi connectivity index (χ1) is 11.7. The summed E-state index contributed by atoms with van der Waals surface area (Å²) in [6.07, 6.45) is 0.641. The van der Waals surface area contributed by atoms with E-state index in [1.54, 1.807) is 12.1 Å². The summed E-state index contributed by atoms with van der Waals surface area (Å²) in [6.45, 7) is 1.92. The fourth-order valence-corrected chi connectivity index (χ4v) is 3.24. The van der Waals surface area contributed by atoms with E-state index in [-0.39, 0.29) is 5.82 Å². The molecule has 0 saturated carbocycles. The average molecular weight is 342 g/mol. The number of benzene rings is 2. The van der Waals surface area contributed by atoms with Crippen molar-refractivity contribution in [3.63, 3.8) is 0 Å². The van der Waals surface area contributed by atoms with Gasteiger partial charge in [-0.3, -0.25) is 0 Å². The quantitative estimate of drug-likeness (QED) is 0.683. The van der Waals surface area contributed by atoms with Gasteiger partial charge in [0.05, 0.1) is 11.4 Å². The van der Waals surface area contributed by atoms with Gasteiger partial charge in [-0.2, -0.15) is 0 Å². The topological polar surface area (TPSA) is 51.7 Å². The molecule has 124 valence electrons. The lowest BCUT2D eigenvalue weighted by Crippen LogP contribution is -2.11. The van der Waals surface area contributed by atoms with Crippen LogP contribution in [0.1, 0.15) is 12.6 Å². The standard InChI is InChI=1S/C19H19FN2OS/c1-2-24(23)13-12-17-18(14-6-4-3-5-7-14)22-19(21-17)15-8-10-16(20)11-9-15/h3-11H,2,12-13H2,1H3,(H,21,22). The molecule has 1 N–H and O–H groups in total. The second kappa shape index (κ2) is 7.64. The van der Waals surface area contributed by atoms with Crippen molar-refractivity contribution in [2.45, 2.75) is 13.3 Å². The molecule has 0 aliphatic carbocycles. The highest BCUT2D eigenvalue weighted by Crippen LogP contribution is 2.26. The van der Waals surface area contributed by atoms with Crippen LogP contribution in [0.3, 0.4) is 0 Å². The summed E-state index contributed by atoms with van der Waals surface area (Å²) in [5.41, 5.74) is 3.69. The second-order valence-corrected chi connectivity index (χ2v) is 7.33. The van der Waals surface area contributed by atoms with Gasteiger partial charge in [-0.05, 0) is 36.8 Å². The van der Waals surface area contributed by atoms with Gasteiger partial charge in [0.2, 0.25) is 0 Å². The predicted octanol–water partition coefficient (Wildman–Crippen LogP) is 4.19. The fourth-order valence-electron chi connectivity index (χ4n) is 2.53. The highest BCUT2D eigenvalue weighted by Gasteiger charge is 2.15. The number of imidazole rings is 1. The molecule has 0 amide bonds. The Morgan fingerprint density at radius 2 is 1.75 bits per heavy atom. The molecule has 0 bridgehead atoms. The molecule has 0 radical (unpaired) electrons. The zero-order chi connectivity index (χ0) is 16.9. The first-order valence-electron chi connectivity index (χ1n) is 7.92. The van der Waals surface area contributed by atoms with Gasteiger partial charge >= 0.3 is 0 Å². The lowest BCUT2D eigenvalue weighted by Gasteiger charge is -2.08. The van der Waals surface area contributed by atoms with Gasteiger partial charge in [0.15, 0.2) is 0 Å². The fraction of sp³-hybridized carbons (Fsp3) is 0.211. The maximum Gasteiger partial charge on any atom is 0.138 e. The smallest absolute Gasteiger partial charge is 0.138 e. The number of aromatic nitrogens is 2. The van der Waals surface area contributed by atoms with Crippen molar-refractivity contribution in [3.8, 4) is 22.6 Å². The Hall–Kier alpha value is -2.11. The van der Waals surface area contributed by atoms with Gasteiger partial charge in [0, 0.05) is 12.0 Å². The molecule has 0 spiro atoms. The molecule has 1 atom stereocenters. The number of aromatic amines is 1. The Kier molecular flexibility index (Phi) is 5.33. The molecule has 0 fully saturated rings. The summed E-state index contributed by atoms with van der Waals surface area (Å²) in [6, 6.07) is 16.2. The Balaban J connectivity index is 1.97. The van der Waals surface area contributed by atoms with E-state index in [1.165, 1.54) is 12.1 Å². The summed E-state index contributed by atoms with van der Waals surface area (Å²) in [5.74, 6) is 1.67. The van der Waals surface area contributed by atoms with E-state index in [9.17, 15) is 8.94 Å². The summed E-state index contributed by atoms with van der Waals surface area (Å²) < 4.78 is 24.9. The van der Waals surface area contributed by atoms with Crippen LogP contribution in [0.5, 0.6) is 0 Å². The highest BCUT2D eigenvalue weighted by atomic mass is 32.2. The van der Waals surface area contributed by atoms with Gasteiger partial charge in [-0.15, -0.1) is 0 Å². The highest BCUT2D eigenvalue weighted by molar-refractivity contribution is 7.91. The van der Waals surface area contributed by atoms with Crippen LogP contribution < -0.4 is 0 Å². The van der Waals surface area contributed by atoms with E-state index in [2.05, 4.69) is 9.97 Å². The number of H-pyrrole nitrogens is 1. The molecule has 2 aromatic carbocycles. The van der Waals surface area contributed by atoms with Crippen LogP contribution in [0, 0.1) is 5.82 Å². The third-order valence-electron chi connectivity index (χ3n) is 3.85. The van der Waals surface area contributed by atoms with Crippen molar-refractivity contribution >= 4 is 11.2 Å². The van der Waals surface area contributed by atoms with Crippen LogP contribution in [-0.4, -0.2) is 26.0 Å². The molecule has 3 aromatic rings. The monoisotopic (exact) mass is 342 g/mol. The number of nitrogens with one attached hydrogen (secondary N) is 1. The van der Waals surface area contributed by atoms with Crippen molar-refractivity contribution in [3.05, 3.63) is 66.1 Å². The van der Waals surface area contributed by atoms with Gasteiger partial charge in [-0.25, -0.2) is 9.37 Å². The molecule has 24 heavy (non-hydrogen) atoms. The van der Waals surface area contributed by atoms with E-state index in [0.29, 0.717) is 23.8 Å². The first kappa shape index (κ1) is 16.7. The van der Waals surface area contributed by atoms with Crippen LogP contribution in [0.25, 0.3) is 22.6 Å². The minimum Gasteiger partial charge on any atom is -0.616 e. The zero-order valence-corrected chi connectivity index (χ0v) is 14.3. The first-order valence-corrected chi connectivity index (χ1v) is 9.41. The van der Waals surface area contributed by atoms with Crippen LogP contribution in [0.15, 0.2) is 54.6 Å². The Morgan fingerprint density at radius 1 is 1.04 bits per heavy atom. The maximum atomic E-state index is 13.1. The second-order valence-electron chi connectivity index (χ2n) is 5.46. The third-order valence-corrected chi connectivity index (χ3v) is 5.15. The van der Waals surface area contributed by atoms with Crippen molar-refractivity contribution in [2.24, 2.45) is 0 Å². The molecule has 3 nitrogen and oxygen atoms in total. The molecule has 3 rings (SSSR count). The van der Waals surface area contributed by atoms with Gasteiger partial charge in [0.1, 0.15) is 23.1 Å². The average Bonchev–Trinajstić information content (AvgIpc) is 3.05. The van der Waals surface area contributed by atoms with E-state index in [0.717, 1.165) is 22.5 Å². The summed E-state index contributed by atoms with van der Waals surface area (Å²) >= 11 is -0.834. The van der Waals surface area contributed by atoms with Gasteiger partial charge in [-0.1, -0.05) is 41.5 Å². The van der Waals surface area contributed by atoms with Crippen LogP contribution >= 0.6 is 0 Å². The van der Waals surface area contributed by atoms with E-state index < -0.39 is 11.2 Å². The van der Waals surface area contributed by atoms with E-state index in [1.807, 2.05) is 37.3 Å². The zero-order valence-electron chi connectivity index (χ0n) is 13.5. The van der Waals surface area contributed by atoms with Gasteiger partial charge in [0.25, 0.3) is 0 Å². The SMILES string of the molecule is CC[S+]([O-])CCc1nc(-c2ccc(F)cc2)[nH]c1-c1ccccc1. The number of hydrogen-bond donors (Lipinski definition) is 1. The maximum absolute atomic E-state index is 13.1. The van der Waals surface area contributed by atoms with Crippen molar-refractivity contribution < 1.29 is 8.94 Å². The molecule has 1 aromatic heterocycles. The third kappa shape index (κ3) is 3.86. The number of halogens is 1. The number of hydrogen-bond acceptors (Lipinski definition) is 2. The molecule has 0 saturated heterocycles. The molecular formula is C19H19FN2OS. The summed E-state index contributed by atoms with van der Waals surface area (Å²) in [7, 11) is 0. The van der Waals surface area contributed by atoms with Crippen LogP contribution in [0.4, 0.5) is 4.39 Å². The van der Waals surface area contributed by atoms with Crippen LogP contribution in [0.2, 0.25) is 0 Å². The van der Waals surface area contributed by atoms with E-state index >= 15 is 0 Å². The van der Waals surface area contributed by atoms with Crippen LogP contribution in [-0.2, 0) is 17.6 Å².